The SMILES string of the molecule is CCCCCCCCCCCCCCCN1C=CN(CCCCCCCC)C1CC. The van der Waals surface area contributed by atoms with Gasteiger partial charge in [-0.1, -0.05) is 130 Å². The van der Waals surface area contributed by atoms with E-state index in [2.05, 4.69) is 43.0 Å². The van der Waals surface area contributed by atoms with Crippen molar-refractivity contribution >= 4 is 0 Å². The highest BCUT2D eigenvalue weighted by molar-refractivity contribution is 4.96. The maximum atomic E-state index is 2.61. The van der Waals surface area contributed by atoms with Crippen LogP contribution in [-0.2, 0) is 0 Å². The third kappa shape index (κ3) is 13.6. The van der Waals surface area contributed by atoms with Crippen LogP contribution in [0.5, 0.6) is 0 Å². The molecule has 0 spiro atoms. The van der Waals surface area contributed by atoms with Crippen LogP contribution in [0.15, 0.2) is 12.4 Å². The summed E-state index contributed by atoms with van der Waals surface area (Å²) in [4.78, 5) is 5.21. The molecular formula is C28H56N2. The summed E-state index contributed by atoms with van der Waals surface area (Å²) in [6.07, 6.45) is 33.7. The van der Waals surface area contributed by atoms with E-state index < -0.39 is 0 Å². The number of nitrogens with zero attached hydrogens (tertiary/aromatic N) is 2. The molecule has 0 aromatic heterocycles. The van der Waals surface area contributed by atoms with Crippen molar-refractivity contribution in [3.63, 3.8) is 0 Å². The van der Waals surface area contributed by atoms with Crippen molar-refractivity contribution in [2.75, 3.05) is 13.1 Å². The highest BCUT2D eigenvalue weighted by Gasteiger charge is 2.23. The Balaban J connectivity index is 1.94. The molecular weight excluding hydrogens is 364 g/mol. The summed E-state index contributed by atoms with van der Waals surface area (Å²) >= 11 is 0. The number of hydrogen-bond donors (Lipinski definition) is 0. The minimum atomic E-state index is 0.623. The van der Waals surface area contributed by atoms with E-state index in [4.69, 9.17) is 0 Å². The van der Waals surface area contributed by atoms with Gasteiger partial charge in [-0.05, 0) is 19.3 Å². The van der Waals surface area contributed by atoms with Gasteiger partial charge in [0.25, 0.3) is 0 Å². The minimum absolute atomic E-state index is 0.623. The molecule has 0 aromatic rings. The predicted molar refractivity (Wildman–Crippen MR) is 136 cm³/mol. The van der Waals surface area contributed by atoms with Gasteiger partial charge in [-0.3, -0.25) is 0 Å². The second-order valence-corrected chi connectivity index (χ2v) is 9.67. The lowest BCUT2D eigenvalue weighted by Crippen LogP contribution is -2.38. The van der Waals surface area contributed by atoms with Crippen LogP contribution in [0.4, 0.5) is 0 Å². The van der Waals surface area contributed by atoms with Crippen LogP contribution in [0, 0.1) is 0 Å². The van der Waals surface area contributed by atoms with E-state index in [-0.39, 0.29) is 0 Å². The first kappa shape index (κ1) is 27.4. The maximum absolute atomic E-state index is 2.61. The van der Waals surface area contributed by atoms with Crippen molar-refractivity contribution < 1.29 is 0 Å². The third-order valence-corrected chi connectivity index (χ3v) is 6.87. The van der Waals surface area contributed by atoms with Crippen molar-refractivity contribution in [3.8, 4) is 0 Å². The van der Waals surface area contributed by atoms with Crippen LogP contribution < -0.4 is 0 Å². The zero-order valence-electron chi connectivity index (χ0n) is 21.2. The average molecular weight is 421 g/mol. The summed E-state index contributed by atoms with van der Waals surface area (Å²) in [6.45, 7) is 9.45. The molecule has 178 valence electrons. The zero-order chi connectivity index (χ0) is 21.7. The summed E-state index contributed by atoms with van der Waals surface area (Å²) in [5, 5.41) is 0. The first-order valence-corrected chi connectivity index (χ1v) is 14.0. The third-order valence-electron chi connectivity index (χ3n) is 6.87. The second-order valence-electron chi connectivity index (χ2n) is 9.67. The molecule has 2 nitrogen and oxygen atoms in total. The largest absolute Gasteiger partial charge is 0.356 e. The Bertz CT molecular complexity index is 379. The van der Waals surface area contributed by atoms with Gasteiger partial charge in [0, 0.05) is 25.5 Å². The van der Waals surface area contributed by atoms with Crippen LogP contribution >= 0.6 is 0 Å². The van der Waals surface area contributed by atoms with Crippen LogP contribution in [0.3, 0.4) is 0 Å². The molecule has 1 unspecified atom stereocenters. The van der Waals surface area contributed by atoms with Crippen LogP contribution in [0.2, 0.25) is 0 Å². The van der Waals surface area contributed by atoms with E-state index in [1.165, 1.54) is 142 Å². The first-order valence-electron chi connectivity index (χ1n) is 14.0. The Morgan fingerprint density at radius 1 is 0.433 bits per heavy atom. The Morgan fingerprint density at radius 2 is 0.733 bits per heavy atom. The van der Waals surface area contributed by atoms with Gasteiger partial charge in [-0.2, -0.15) is 0 Å². The van der Waals surface area contributed by atoms with E-state index in [9.17, 15) is 0 Å². The van der Waals surface area contributed by atoms with E-state index >= 15 is 0 Å². The zero-order valence-corrected chi connectivity index (χ0v) is 21.2. The fourth-order valence-corrected chi connectivity index (χ4v) is 4.86. The molecule has 1 atom stereocenters. The Labute approximate surface area is 190 Å². The van der Waals surface area contributed by atoms with Gasteiger partial charge < -0.3 is 9.80 Å². The number of rotatable bonds is 22. The van der Waals surface area contributed by atoms with Crippen LogP contribution in [-0.4, -0.2) is 29.1 Å². The molecule has 0 radical (unpaired) electrons. The molecule has 0 aliphatic carbocycles. The predicted octanol–water partition coefficient (Wildman–Crippen LogP) is 9.26. The molecule has 30 heavy (non-hydrogen) atoms. The molecule has 1 aliphatic rings. The van der Waals surface area contributed by atoms with Crippen molar-refractivity contribution in [1.29, 1.82) is 0 Å². The summed E-state index contributed by atoms with van der Waals surface area (Å²) in [6, 6.07) is 0. The summed E-state index contributed by atoms with van der Waals surface area (Å²) < 4.78 is 0. The monoisotopic (exact) mass is 420 g/mol. The standard InChI is InChI=1S/C28H56N2/c1-4-7-9-11-13-14-15-16-17-18-19-21-23-25-30-27-26-29(28(30)6-3)24-22-20-12-10-8-5-2/h26-28H,4-25H2,1-3H3. The molecule has 0 saturated heterocycles. The van der Waals surface area contributed by atoms with Gasteiger partial charge in [0.1, 0.15) is 6.17 Å². The van der Waals surface area contributed by atoms with Crippen molar-refractivity contribution in [3.05, 3.63) is 12.4 Å². The fraction of sp³-hybridized carbons (Fsp3) is 0.929. The van der Waals surface area contributed by atoms with Crippen LogP contribution in [0.25, 0.3) is 0 Å². The molecule has 1 aliphatic heterocycles. The Hall–Kier alpha value is -0.660. The van der Waals surface area contributed by atoms with Gasteiger partial charge in [0.05, 0.1) is 0 Å². The maximum Gasteiger partial charge on any atom is 0.100 e. The second kappa shape index (κ2) is 20.3. The van der Waals surface area contributed by atoms with Gasteiger partial charge in [0.2, 0.25) is 0 Å². The smallest absolute Gasteiger partial charge is 0.100 e. The molecule has 1 heterocycles. The quantitative estimate of drug-likeness (QED) is 0.161. The topological polar surface area (TPSA) is 6.48 Å². The Kier molecular flexibility index (Phi) is 18.5. The molecule has 0 amide bonds. The fourth-order valence-electron chi connectivity index (χ4n) is 4.86. The number of hydrogen-bond acceptors (Lipinski definition) is 2. The molecule has 0 aromatic carbocycles. The first-order chi connectivity index (χ1) is 14.8. The van der Waals surface area contributed by atoms with Gasteiger partial charge >= 0.3 is 0 Å². The van der Waals surface area contributed by atoms with Crippen molar-refractivity contribution in [2.45, 2.75) is 155 Å². The highest BCUT2D eigenvalue weighted by atomic mass is 15.4. The average Bonchev–Trinajstić information content (AvgIpc) is 3.15. The molecule has 0 bridgehead atoms. The van der Waals surface area contributed by atoms with E-state index in [1.807, 2.05) is 0 Å². The van der Waals surface area contributed by atoms with Gasteiger partial charge in [-0.15, -0.1) is 0 Å². The Morgan fingerprint density at radius 3 is 1.03 bits per heavy atom. The summed E-state index contributed by atoms with van der Waals surface area (Å²) in [7, 11) is 0. The number of unbranched alkanes of at least 4 members (excludes halogenated alkanes) is 17. The van der Waals surface area contributed by atoms with Gasteiger partial charge in [-0.25, -0.2) is 0 Å². The molecule has 0 fully saturated rings. The van der Waals surface area contributed by atoms with Crippen molar-refractivity contribution in [1.82, 2.24) is 9.80 Å². The molecule has 0 N–H and O–H groups in total. The molecule has 1 rings (SSSR count). The normalized spacial score (nSPS) is 16.2. The molecule has 2 heteroatoms. The van der Waals surface area contributed by atoms with Crippen LogP contribution in [0.1, 0.15) is 149 Å². The van der Waals surface area contributed by atoms with Crippen molar-refractivity contribution in [2.24, 2.45) is 0 Å². The molecule has 0 saturated carbocycles. The lowest BCUT2D eigenvalue weighted by molar-refractivity contribution is 0.144. The summed E-state index contributed by atoms with van der Waals surface area (Å²) in [5.74, 6) is 0. The van der Waals surface area contributed by atoms with E-state index in [0.29, 0.717) is 6.17 Å². The van der Waals surface area contributed by atoms with Gasteiger partial charge in [0.15, 0.2) is 0 Å². The van der Waals surface area contributed by atoms with E-state index in [1.54, 1.807) is 0 Å². The minimum Gasteiger partial charge on any atom is -0.356 e. The lowest BCUT2D eigenvalue weighted by Gasteiger charge is -2.32. The van der Waals surface area contributed by atoms with E-state index in [0.717, 1.165) is 0 Å². The summed E-state index contributed by atoms with van der Waals surface area (Å²) in [5.41, 5.74) is 0. The lowest BCUT2D eigenvalue weighted by atomic mass is 10.0. The highest BCUT2D eigenvalue weighted by Crippen LogP contribution is 2.21.